The highest BCUT2D eigenvalue weighted by atomic mass is 16.5. The Morgan fingerprint density at radius 1 is 1.58 bits per heavy atom. The molecule has 1 aromatic rings. The third-order valence-electron chi connectivity index (χ3n) is 3.03. The number of rotatable bonds is 5. The van der Waals surface area contributed by atoms with E-state index in [4.69, 9.17) is 4.74 Å². The number of pyridine rings is 1. The number of amides is 2. The Morgan fingerprint density at radius 3 is 2.95 bits per heavy atom. The molecular formula is C14H21N3O2. The van der Waals surface area contributed by atoms with Gasteiger partial charge in [0.1, 0.15) is 0 Å². The lowest BCUT2D eigenvalue weighted by molar-refractivity contribution is 0.232. The summed E-state index contributed by atoms with van der Waals surface area (Å²) in [7, 11) is 0. The molecule has 2 amide bonds. The molecule has 0 bridgehead atoms. The van der Waals surface area contributed by atoms with Crippen LogP contribution in [-0.2, 0) is 6.54 Å². The molecule has 5 heteroatoms. The molecule has 1 heterocycles. The monoisotopic (exact) mass is 263 g/mol. The highest BCUT2D eigenvalue weighted by Crippen LogP contribution is 2.28. The fourth-order valence-electron chi connectivity index (χ4n) is 1.79. The van der Waals surface area contributed by atoms with Gasteiger partial charge in [-0.05, 0) is 37.8 Å². The first kappa shape index (κ1) is 13.6. The molecule has 1 aliphatic carbocycles. The molecule has 2 N–H and O–H groups in total. The van der Waals surface area contributed by atoms with Gasteiger partial charge in [0, 0.05) is 24.8 Å². The Bertz CT molecular complexity index is 448. The molecule has 1 aromatic heterocycles. The molecule has 1 fully saturated rings. The fourth-order valence-corrected chi connectivity index (χ4v) is 1.79. The van der Waals surface area contributed by atoms with E-state index in [0.717, 1.165) is 12.0 Å². The lowest BCUT2D eigenvalue weighted by Gasteiger charge is -2.10. The predicted molar refractivity (Wildman–Crippen MR) is 72.9 cm³/mol. The van der Waals surface area contributed by atoms with Crippen LogP contribution in [0.5, 0.6) is 5.88 Å². The number of nitrogens with zero attached hydrogens (tertiary/aromatic N) is 1. The largest absolute Gasteiger partial charge is 0.475 e. The first-order valence-electron chi connectivity index (χ1n) is 6.70. The maximum atomic E-state index is 11.6. The summed E-state index contributed by atoms with van der Waals surface area (Å²) >= 11 is 0. The second kappa shape index (κ2) is 5.91. The molecule has 2 rings (SSSR count). The standard InChI is InChI=1S/C14H21N3O2/c1-9(2)19-13-7-11(4-5-15-13)8-16-14(18)17-12-6-10(12)3/h4-5,7,9-10,12H,6,8H2,1-3H3,(H2,16,17,18). The average Bonchev–Trinajstić information content (AvgIpc) is 3.02. The predicted octanol–water partition coefficient (Wildman–Crippen LogP) is 2.08. The average molecular weight is 263 g/mol. The molecule has 2 atom stereocenters. The van der Waals surface area contributed by atoms with Gasteiger partial charge in [0.05, 0.1) is 6.10 Å². The third-order valence-corrected chi connectivity index (χ3v) is 3.03. The lowest BCUT2D eigenvalue weighted by atomic mass is 10.2. The number of hydrogen-bond acceptors (Lipinski definition) is 3. The van der Waals surface area contributed by atoms with Crippen LogP contribution >= 0.6 is 0 Å². The van der Waals surface area contributed by atoms with Gasteiger partial charge in [-0.1, -0.05) is 6.92 Å². The van der Waals surface area contributed by atoms with Crippen LogP contribution in [0, 0.1) is 5.92 Å². The van der Waals surface area contributed by atoms with Crippen molar-refractivity contribution < 1.29 is 9.53 Å². The van der Waals surface area contributed by atoms with Crippen molar-refractivity contribution in [3.05, 3.63) is 23.9 Å². The third kappa shape index (κ3) is 4.43. The van der Waals surface area contributed by atoms with Crippen molar-refractivity contribution in [2.45, 2.75) is 45.9 Å². The second-order valence-electron chi connectivity index (χ2n) is 5.32. The first-order chi connectivity index (χ1) is 9.04. The van der Waals surface area contributed by atoms with Gasteiger partial charge in [0.2, 0.25) is 5.88 Å². The molecule has 0 aliphatic heterocycles. The Balaban J connectivity index is 1.80. The topological polar surface area (TPSA) is 63.2 Å². The van der Waals surface area contributed by atoms with Crippen LogP contribution in [-0.4, -0.2) is 23.2 Å². The summed E-state index contributed by atoms with van der Waals surface area (Å²) in [5.74, 6) is 1.20. The van der Waals surface area contributed by atoms with E-state index in [1.165, 1.54) is 0 Å². The summed E-state index contributed by atoms with van der Waals surface area (Å²) in [4.78, 5) is 15.7. The van der Waals surface area contributed by atoms with E-state index in [-0.39, 0.29) is 12.1 Å². The zero-order valence-electron chi connectivity index (χ0n) is 11.6. The molecule has 2 unspecified atom stereocenters. The Hall–Kier alpha value is -1.78. The molecule has 0 radical (unpaired) electrons. The smallest absolute Gasteiger partial charge is 0.315 e. The van der Waals surface area contributed by atoms with Gasteiger partial charge < -0.3 is 15.4 Å². The summed E-state index contributed by atoms with van der Waals surface area (Å²) < 4.78 is 5.51. The number of urea groups is 1. The molecule has 104 valence electrons. The first-order valence-corrected chi connectivity index (χ1v) is 6.70. The molecule has 1 aliphatic rings. The quantitative estimate of drug-likeness (QED) is 0.855. The van der Waals surface area contributed by atoms with Crippen LogP contribution in [0.2, 0.25) is 0 Å². The van der Waals surface area contributed by atoms with Crippen molar-refractivity contribution in [2.24, 2.45) is 5.92 Å². The minimum Gasteiger partial charge on any atom is -0.475 e. The molecule has 1 saturated carbocycles. The van der Waals surface area contributed by atoms with E-state index in [2.05, 4.69) is 22.5 Å². The summed E-state index contributed by atoms with van der Waals surface area (Å²) in [5.41, 5.74) is 0.977. The highest BCUT2D eigenvalue weighted by molar-refractivity contribution is 5.74. The maximum absolute atomic E-state index is 11.6. The summed E-state index contributed by atoms with van der Waals surface area (Å²) in [6.07, 6.45) is 2.86. The van der Waals surface area contributed by atoms with E-state index >= 15 is 0 Å². The minimum absolute atomic E-state index is 0.0929. The van der Waals surface area contributed by atoms with Crippen LogP contribution in [0.25, 0.3) is 0 Å². The molecule has 19 heavy (non-hydrogen) atoms. The van der Waals surface area contributed by atoms with Gasteiger partial charge in [-0.25, -0.2) is 9.78 Å². The van der Waals surface area contributed by atoms with Crippen molar-refractivity contribution >= 4 is 6.03 Å². The van der Waals surface area contributed by atoms with E-state index in [9.17, 15) is 4.79 Å². The van der Waals surface area contributed by atoms with Crippen LogP contribution in [0.15, 0.2) is 18.3 Å². The highest BCUT2D eigenvalue weighted by Gasteiger charge is 2.33. The molecule has 5 nitrogen and oxygen atoms in total. The number of carbonyl (C=O) groups excluding carboxylic acids is 1. The fraction of sp³-hybridized carbons (Fsp3) is 0.571. The summed E-state index contributed by atoms with van der Waals surface area (Å²) in [6.45, 7) is 6.51. The minimum atomic E-state index is -0.113. The van der Waals surface area contributed by atoms with E-state index < -0.39 is 0 Å². The number of aromatic nitrogens is 1. The van der Waals surface area contributed by atoms with Crippen LogP contribution in [0.3, 0.4) is 0 Å². The van der Waals surface area contributed by atoms with Gasteiger partial charge in [0.15, 0.2) is 0 Å². The molecule has 0 saturated heterocycles. The normalized spacial score (nSPS) is 21.1. The van der Waals surface area contributed by atoms with Gasteiger partial charge >= 0.3 is 6.03 Å². The lowest BCUT2D eigenvalue weighted by Crippen LogP contribution is -2.36. The van der Waals surface area contributed by atoms with Crippen molar-refractivity contribution in [1.82, 2.24) is 15.6 Å². The number of nitrogens with one attached hydrogen (secondary N) is 2. The SMILES string of the molecule is CC(C)Oc1cc(CNC(=O)NC2CC2C)ccn1. The Morgan fingerprint density at radius 2 is 2.32 bits per heavy atom. The van der Waals surface area contributed by atoms with Gasteiger partial charge in [-0.3, -0.25) is 0 Å². The molecule has 0 spiro atoms. The second-order valence-corrected chi connectivity index (χ2v) is 5.32. The van der Waals surface area contributed by atoms with E-state index in [1.807, 2.05) is 26.0 Å². The van der Waals surface area contributed by atoms with E-state index in [0.29, 0.717) is 24.4 Å². The summed E-state index contributed by atoms with van der Waals surface area (Å²) in [6, 6.07) is 3.95. The van der Waals surface area contributed by atoms with Crippen molar-refractivity contribution in [2.75, 3.05) is 0 Å². The van der Waals surface area contributed by atoms with Crippen molar-refractivity contribution in [3.63, 3.8) is 0 Å². The van der Waals surface area contributed by atoms with Crippen molar-refractivity contribution in [1.29, 1.82) is 0 Å². The number of carbonyl (C=O) groups is 1. The zero-order valence-corrected chi connectivity index (χ0v) is 11.6. The van der Waals surface area contributed by atoms with Gasteiger partial charge in [-0.15, -0.1) is 0 Å². The van der Waals surface area contributed by atoms with Gasteiger partial charge in [-0.2, -0.15) is 0 Å². The van der Waals surface area contributed by atoms with Crippen LogP contribution in [0.4, 0.5) is 4.79 Å². The zero-order chi connectivity index (χ0) is 13.8. The van der Waals surface area contributed by atoms with E-state index in [1.54, 1.807) is 6.20 Å². The Labute approximate surface area is 113 Å². The number of ether oxygens (including phenoxy) is 1. The van der Waals surface area contributed by atoms with Crippen LogP contribution in [0.1, 0.15) is 32.8 Å². The van der Waals surface area contributed by atoms with Gasteiger partial charge in [0.25, 0.3) is 0 Å². The Kier molecular flexibility index (Phi) is 4.24. The number of hydrogen-bond donors (Lipinski definition) is 2. The van der Waals surface area contributed by atoms with Crippen LogP contribution < -0.4 is 15.4 Å². The molecule has 0 aromatic carbocycles. The maximum Gasteiger partial charge on any atom is 0.315 e. The molecular weight excluding hydrogens is 242 g/mol. The van der Waals surface area contributed by atoms with Crippen molar-refractivity contribution in [3.8, 4) is 5.88 Å². The summed E-state index contributed by atoms with van der Waals surface area (Å²) in [5, 5.41) is 5.76.